The summed E-state index contributed by atoms with van der Waals surface area (Å²) in [5, 5.41) is 24.2. The van der Waals surface area contributed by atoms with Gasteiger partial charge < -0.3 is 21.7 Å². The van der Waals surface area contributed by atoms with Crippen molar-refractivity contribution in [2.24, 2.45) is 11.8 Å². The summed E-state index contributed by atoms with van der Waals surface area (Å²) in [5.41, 5.74) is 5.56. The molecule has 2 atom stereocenters. The molecule has 4 rings (SSSR count). The van der Waals surface area contributed by atoms with Gasteiger partial charge in [0.05, 0.1) is 0 Å². The summed E-state index contributed by atoms with van der Waals surface area (Å²) in [6.45, 7) is 1.82. The summed E-state index contributed by atoms with van der Waals surface area (Å²) in [7, 11) is 0. The molecule has 0 aromatic carbocycles. The fourth-order valence-corrected chi connectivity index (χ4v) is 4.42. The second-order valence-electron chi connectivity index (χ2n) is 8.19. The monoisotopic (exact) mass is 388 g/mol. The van der Waals surface area contributed by atoms with E-state index >= 15 is 0 Å². The van der Waals surface area contributed by atoms with Crippen LogP contribution in [0.25, 0.3) is 0 Å². The second kappa shape index (κ2) is 9.11. The lowest BCUT2D eigenvalue weighted by molar-refractivity contribution is 0.347. The van der Waals surface area contributed by atoms with E-state index in [1.54, 1.807) is 0 Å². The average Bonchev–Trinajstić information content (AvgIpc) is 3.34. The molecule has 2 fully saturated rings. The van der Waals surface area contributed by atoms with Crippen molar-refractivity contribution in [3.05, 3.63) is 0 Å². The maximum absolute atomic E-state index is 5.56. The van der Waals surface area contributed by atoms with Crippen LogP contribution < -0.4 is 21.7 Å². The molecule has 2 saturated carbocycles. The number of H-pyrrole nitrogens is 2. The zero-order chi connectivity index (χ0) is 19.2. The van der Waals surface area contributed by atoms with E-state index in [-0.39, 0.29) is 0 Å². The number of nitrogens with two attached hydrogens (primary N) is 1. The van der Waals surface area contributed by atoms with E-state index in [0.29, 0.717) is 29.8 Å². The van der Waals surface area contributed by atoms with Crippen LogP contribution in [0, 0.1) is 11.8 Å². The smallest absolute Gasteiger partial charge is 0.243 e. The molecule has 0 amide bonds. The third-order valence-electron chi connectivity index (χ3n) is 5.93. The highest BCUT2D eigenvalue weighted by atomic mass is 15.3. The van der Waals surface area contributed by atoms with Gasteiger partial charge in [0.1, 0.15) is 0 Å². The largest absolute Gasteiger partial charge is 0.368 e. The Morgan fingerprint density at radius 2 is 1.54 bits per heavy atom. The number of rotatable bonds is 8. The molecule has 2 aromatic rings. The number of nitrogens with zero attached hydrogens (tertiary/aromatic N) is 4. The molecule has 2 unspecified atom stereocenters. The molecule has 0 bridgehead atoms. The molecule has 2 heterocycles. The molecule has 2 aliphatic carbocycles. The molecule has 28 heavy (non-hydrogen) atoms. The summed E-state index contributed by atoms with van der Waals surface area (Å²) < 4.78 is 0. The maximum atomic E-state index is 5.56. The molecule has 0 radical (unpaired) electrons. The van der Waals surface area contributed by atoms with E-state index in [2.05, 4.69) is 46.3 Å². The number of hydrogen-bond donors (Lipinski definition) is 6. The third kappa shape index (κ3) is 5.26. The first kappa shape index (κ1) is 18.8. The average molecular weight is 389 g/mol. The van der Waals surface area contributed by atoms with Crippen molar-refractivity contribution in [2.45, 2.75) is 63.8 Å². The Balaban J connectivity index is 1.20. The van der Waals surface area contributed by atoms with Crippen LogP contribution in [-0.2, 0) is 0 Å². The summed E-state index contributed by atoms with van der Waals surface area (Å²) in [6, 6.07) is 0.400. The van der Waals surface area contributed by atoms with Crippen molar-refractivity contribution >= 4 is 23.8 Å². The highest BCUT2D eigenvalue weighted by molar-refractivity contribution is 5.34. The van der Waals surface area contributed by atoms with Crippen LogP contribution in [-0.4, -0.2) is 49.5 Å². The molecule has 7 N–H and O–H groups in total. The predicted octanol–water partition coefficient (Wildman–Crippen LogP) is 2.58. The zero-order valence-electron chi connectivity index (χ0n) is 16.4. The van der Waals surface area contributed by atoms with Crippen LogP contribution in [0.1, 0.15) is 57.8 Å². The summed E-state index contributed by atoms with van der Waals surface area (Å²) in [6.07, 6.45) is 11.4. The highest BCUT2D eigenvalue weighted by Gasteiger charge is 2.23. The van der Waals surface area contributed by atoms with Gasteiger partial charge in [-0.25, -0.2) is 10.2 Å². The van der Waals surface area contributed by atoms with E-state index in [1.165, 1.54) is 44.9 Å². The van der Waals surface area contributed by atoms with Gasteiger partial charge in [0, 0.05) is 19.1 Å². The molecule has 0 spiro atoms. The Morgan fingerprint density at radius 1 is 0.821 bits per heavy atom. The van der Waals surface area contributed by atoms with Crippen molar-refractivity contribution in [1.29, 1.82) is 0 Å². The SMILES string of the molecule is Nc1nc(NCC2CCCC(Nc3nc(NCC4CCCCC4)n[nH]3)C2)n[nH]1. The van der Waals surface area contributed by atoms with Gasteiger partial charge in [0.15, 0.2) is 0 Å². The van der Waals surface area contributed by atoms with Crippen molar-refractivity contribution < 1.29 is 0 Å². The van der Waals surface area contributed by atoms with Gasteiger partial charge in [-0.1, -0.05) is 25.7 Å². The molecular weight excluding hydrogens is 356 g/mol. The van der Waals surface area contributed by atoms with Gasteiger partial charge in [-0.3, -0.25) is 0 Å². The first-order chi connectivity index (χ1) is 13.7. The Kier molecular flexibility index (Phi) is 6.13. The fraction of sp³-hybridized carbons (Fsp3) is 0.778. The first-order valence-electron chi connectivity index (χ1n) is 10.6. The van der Waals surface area contributed by atoms with Gasteiger partial charge in [-0.15, -0.1) is 10.2 Å². The van der Waals surface area contributed by atoms with Crippen molar-refractivity contribution in [1.82, 2.24) is 30.4 Å². The van der Waals surface area contributed by atoms with Gasteiger partial charge in [0.25, 0.3) is 0 Å². The Labute approximate surface area is 165 Å². The van der Waals surface area contributed by atoms with Crippen LogP contribution in [0.5, 0.6) is 0 Å². The number of nitrogen functional groups attached to an aromatic ring is 1. The molecule has 0 saturated heterocycles. The summed E-state index contributed by atoms with van der Waals surface area (Å²) in [4.78, 5) is 8.66. The molecular formula is C18H32N10. The number of aromatic amines is 2. The zero-order valence-corrected chi connectivity index (χ0v) is 16.4. The minimum atomic E-state index is 0.337. The number of aromatic nitrogens is 6. The van der Waals surface area contributed by atoms with E-state index in [0.717, 1.165) is 37.8 Å². The standard InChI is InChI=1S/C18H32N10/c19-15-23-16(26-25-15)21-11-13-7-4-8-14(9-13)22-18-24-17(27-28-18)20-10-12-5-2-1-3-6-12/h12-14H,1-11H2,(H4,19,21,23,25,26)(H3,20,22,24,27,28). The van der Waals surface area contributed by atoms with Gasteiger partial charge in [-0.2, -0.15) is 9.97 Å². The minimum Gasteiger partial charge on any atom is -0.368 e. The molecule has 2 aromatic heterocycles. The quantitative estimate of drug-likeness (QED) is 0.405. The van der Waals surface area contributed by atoms with Crippen LogP contribution in [0.2, 0.25) is 0 Å². The third-order valence-corrected chi connectivity index (χ3v) is 5.93. The van der Waals surface area contributed by atoms with E-state index in [9.17, 15) is 0 Å². The second-order valence-corrected chi connectivity index (χ2v) is 8.19. The van der Waals surface area contributed by atoms with E-state index in [4.69, 9.17) is 5.73 Å². The number of hydrogen-bond acceptors (Lipinski definition) is 8. The van der Waals surface area contributed by atoms with Crippen LogP contribution in [0.15, 0.2) is 0 Å². The topological polar surface area (TPSA) is 145 Å². The van der Waals surface area contributed by atoms with E-state index in [1.807, 2.05) is 0 Å². The van der Waals surface area contributed by atoms with Crippen LogP contribution >= 0.6 is 0 Å². The van der Waals surface area contributed by atoms with Gasteiger partial charge >= 0.3 is 0 Å². The van der Waals surface area contributed by atoms with Crippen molar-refractivity contribution in [3.63, 3.8) is 0 Å². The molecule has 0 aliphatic heterocycles. The predicted molar refractivity (Wildman–Crippen MR) is 110 cm³/mol. The fourth-order valence-electron chi connectivity index (χ4n) is 4.42. The van der Waals surface area contributed by atoms with Crippen molar-refractivity contribution in [2.75, 3.05) is 34.8 Å². The Morgan fingerprint density at radius 3 is 2.32 bits per heavy atom. The Hall–Kier alpha value is -2.52. The number of anilines is 4. The van der Waals surface area contributed by atoms with Crippen LogP contribution in [0.4, 0.5) is 23.8 Å². The van der Waals surface area contributed by atoms with E-state index < -0.39 is 0 Å². The first-order valence-corrected chi connectivity index (χ1v) is 10.6. The summed E-state index contributed by atoms with van der Waals surface area (Å²) in [5.74, 6) is 3.68. The summed E-state index contributed by atoms with van der Waals surface area (Å²) >= 11 is 0. The van der Waals surface area contributed by atoms with Gasteiger partial charge in [-0.05, 0) is 43.9 Å². The molecule has 154 valence electrons. The number of nitrogens with one attached hydrogen (secondary N) is 5. The molecule has 2 aliphatic rings. The molecule has 10 nitrogen and oxygen atoms in total. The molecule has 10 heteroatoms. The van der Waals surface area contributed by atoms with Gasteiger partial charge in [0.2, 0.25) is 23.8 Å². The normalized spacial score (nSPS) is 23.4. The van der Waals surface area contributed by atoms with Crippen LogP contribution in [0.3, 0.4) is 0 Å². The maximum Gasteiger partial charge on any atom is 0.243 e. The lowest BCUT2D eigenvalue weighted by Gasteiger charge is -2.29. The lowest BCUT2D eigenvalue weighted by atomic mass is 9.85. The van der Waals surface area contributed by atoms with Crippen molar-refractivity contribution in [3.8, 4) is 0 Å². The Bertz CT molecular complexity index is 720. The lowest BCUT2D eigenvalue weighted by Crippen LogP contribution is -2.31. The minimum absolute atomic E-state index is 0.337. The highest BCUT2D eigenvalue weighted by Crippen LogP contribution is 2.27.